The molecule has 1 aromatic carbocycles. The molecule has 5 rings (SSSR count). The molecule has 1 aliphatic rings. The first kappa shape index (κ1) is 13.2. The van der Waals surface area contributed by atoms with Crippen molar-refractivity contribution in [2.75, 3.05) is 0 Å². The fourth-order valence-corrected chi connectivity index (χ4v) is 2.68. The number of pyridine rings is 1. The number of hydrogen-bond donors (Lipinski definition) is 1. The number of rotatable bonds is 4. The molecule has 0 unspecified atom stereocenters. The van der Waals surface area contributed by atoms with Gasteiger partial charge in [0.2, 0.25) is 0 Å². The van der Waals surface area contributed by atoms with Gasteiger partial charge in [-0.15, -0.1) is 0 Å². The highest BCUT2D eigenvalue weighted by Crippen LogP contribution is 2.32. The van der Waals surface area contributed by atoms with Gasteiger partial charge in [0, 0.05) is 17.1 Å². The number of H-pyrrole nitrogens is 1. The molecular formula is C17H14N6O. The van der Waals surface area contributed by atoms with Crippen LogP contribution < -0.4 is 4.74 Å². The van der Waals surface area contributed by atoms with E-state index in [1.165, 1.54) is 6.33 Å². The Morgan fingerprint density at radius 2 is 2.12 bits per heavy atom. The number of nitrogens with zero attached hydrogens (tertiary/aromatic N) is 5. The fourth-order valence-electron chi connectivity index (χ4n) is 2.68. The zero-order valence-corrected chi connectivity index (χ0v) is 12.8. The zero-order chi connectivity index (χ0) is 15.9. The van der Waals surface area contributed by atoms with E-state index < -0.39 is 0 Å². The predicted octanol–water partition coefficient (Wildman–Crippen LogP) is 2.75. The summed E-state index contributed by atoms with van der Waals surface area (Å²) in [4.78, 5) is 8.29. The Morgan fingerprint density at radius 3 is 2.96 bits per heavy atom. The average Bonchev–Trinajstić information content (AvgIpc) is 3.12. The van der Waals surface area contributed by atoms with Gasteiger partial charge in [-0.1, -0.05) is 0 Å². The van der Waals surface area contributed by atoms with Crippen molar-refractivity contribution in [1.29, 1.82) is 0 Å². The number of nitrogens with one attached hydrogen (secondary N) is 1. The van der Waals surface area contributed by atoms with E-state index in [1.807, 2.05) is 30.3 Å². The molecule has 1 N–H and O–H groups in total. The van der Waals surface area contributed by atoms with E-state index in [0.717, 1.165) is 40.8 Å². The molecule has 0 spiro atoms. The van der Waals surface area contributed by atoms with Crippen LogP contribution >= 0.6 is 0 Å². The third kappa shape index (κ3) is 2.30. The normalized spacial score (nSPS) is 14.2. The maximum Gasteiger partial charge on any atom is 0.155 e. The summed E-state index contributed by atoms with van der Waals surface area (Å²) in [5.74, 6) is 1.59. The van der Waals surface area contributed by atoms with Gasteiger partial charge in [0.15, 0.2) is 5.82 Å². The molecule has 7 nitrogen and oxygen atoms in total. The van der Waals surface area contributed by atoms with Crippen molar-refractivity contribution in [1.82, 2.24) is 29.9 Å². The lowest BCUT2D eigenvalue weighted by atomic mass is 10.1. The largest absolute Gasteiger partial charge is 0.490 e. The summed E-state index contributed by atoms with van der Waals surface area (Å²) in [5.41, 5.74) is 2.81. The summed E-state index contributed by atoms with van der Waals surface area (Å²) in [6.07, 6.45) is 7.51. The van der Waals surface area contributed by atoms with Gasteiger partial charge < -0.3 is 4.74 Å². The molecule has 118 valence electrons. The van der Waals surface area contributed by atoms with Crippen LogP contribution in [0.4, 0.5) is 0 Å². The van der Waals surface area contributed by atoms with Crippen molar-refractivity contribution in [3.63, 3.8) is 0 Å². The fraction of sp³-hybridized carbons (Fsp3) is 0.176. The van der Waals surface area contributed by atoms with Crippen molar-refractivity contribution in [3.8, 4) is 22.8 Å². The number of ether oxygens (including phenoxy) is 1. The first-order valence-corrected chi connectivity index (χ1v) is 7.83. The van der Waals surface area contributed by atoms with Crippen LogP contribution in [0.1, 0.15) is 12.8 Å². The summed E-state index contributed by atoms with van der Waals surface area (Å²) in [5, 5.41) is 12.7. The van der Waals surface area contributed by atoms with Gasteiger partial charge in [0.25, 0.3) is 0 Å². The lowest BCUT2D eigenvalue weighted by Gasteiger charge is -2.05. The van der Waals surface area contributed by atoms with E-state index in [9.17, 15) is 0 Å². The van der Waals surface area contributed by atoms with Crippen LogP contribution in [0.5, 0.6) is 5.75 Å². The molecule has 3 heterocycles. The molecule has 3 aromatic heterocycles. The Bertz CT molecular complexity index is 1000. The van der Waals surface area contributed by atoms with Crippen molar-refractivity contribution in [2.24, 2.45) is 0 Å². The third-order valence-electron chi connectivity index (χ3n) is 4.03. The van der Waals surface area contributed by atoms with E-state index in [4.69, 9.17) is 4.74 Å². The molecule has 7 heteroatoms. The van der Waals surface area contributed by atoms with Crippen LogP contribution in [0, 0.1) is 0 Å². The average molecular weight is 318 g/mol. The standard InChI is InChI=1S/C17H14N6O/c1-2-12(1)24-13-3-4-15-14(8-13)17(22-21-15)11-5-6-19-16(7-11)23-10-18-9-20-23/h3-10,12H,1-2H2,(H,21,22). The molecule has 0 aliphatic heterocycles. The van der Waals surface area contributed by atoms with Crippen LogP contribution in [-0.2, 0) is 0 Å². The van der Waals surface area contributed by atoms with Crippen molar-refractivity contribution < 1.29 is 4.74 Å². The maximum atomic E-state index is 5.90. The Balaban J connectivity index is 1.59. The van der Waals surface area contributed by atoms with Crippen LogP contribution in [0.3, 0.4) is 0 Å². The minimum absolute atomic E-state index is 0.373. The first-order chi connectivity index (χ1) is 11.9. The molecular weight excluding hydrogens is 304 g/mol. The number of aromatic nitrogens is 6. The number of aromatic amines is 1. The molecule has 0 saturated heterocycles. The van der Waals surface area contributed by atoms with E-state index in [0.29, 0.717) is 11.9 Å². The van der Waals surface area contributed by atoms with Gasteiger partial charge in [0.1, 0.15) is 24.1 Å². The van der Waals surface area contributed by atoms with Gasteiger partial charge in [-0.25, -0.2) is 14.6 Å². The monoisotopic (exact) mass is 318 g/mol. The second-order valence-electron chi connectivity index (χ2n) is 5.84. The van der Waals surface area contributed by atoms with Gasteiger partial charge in [0.05, 0.1) is 11.6 Å². The lowest BCUT2D eigenvalue weighted by molar-refractivity contribution is 0.303. The summed E-state index contributed by atoms with van der Waals surface area (Å²) in [7, 11) is 0. The van der Waals surface area contributed by atoms with Gasteiger partial charge in [-0.05, 0) is 43.2 Å². The molecule has 1 aliphatic carbocycles. The number of fused-ring (bicyclic) bond motifs is 1. The quantitative estimate of drug-likeness (QED) is 0.625. The van der Waals surface area contributed by atoms with Crippen molar-refractivity contribution in [2.45, 2.75) is 18.9 Å². The maximum absolute atomic E-state index is 5.90. The smallest absolute Gasteiger partial charge is 0.155 e. The van der Waals surface area contributed by atoms with Crippen molar-refractivity contribution >= 4 is 10.9 Å². The Kier molecular flexibility index (Phi) is 2.84. The first-order valence-electron chi connectivity index (χ1n) is 7.83. The topological polar surface area (TPSA) is 81.5 Å². The van der Waals surface area contributed by atoms with Crippen molar-refractivity contribution in [3.05, 3.63) is 49.2 Å². The highest BCUT2D eigenvalue weighted by atomic mass is 16.5. The van der Waals surface area contributed by atoms with Crippen LogP contribution in [0.2, 0.25) is 0 Å². The van der Waals surface area contributed by atoms with E-state index >= 15 is 0 Å². The second-order valence-corrected chi connectivity index (χ2v) is 5.84. The van der Waals surface area contributed by atoms with Gasteiger partial charge >= 0.3 is 0 Å². The highest BCUT2D eigenvalue weighted by Gasteiger charge is 2.23. The third-order valence-corrected chi connectivity index (χ3v) is 4.03. The molecule has 24 heavy (non-hydrogen) atoms. The molecule has 0 bridgehead atoms. The second kappa shape index (κ2) is 5.16. The Hall–Kier alpha value is -3.22. The van der Waals surface area contributed by atoms with E-state index in [1.54, 1.807) is 17.2 Å². The molecule has 1 saturated carbocycles. The molecule has 1 fully saturated rings. The minimum Gasteiger partial charge on any atom is -0.490 e. The minimum atomic E-state index is 0.373. The summed E-state index contributed by atoms with van der Waals surface area (Å²) in [6.45, 7) is 0. The summed E-state index contributed by atoms with van der Waals surface area (Å²) >= 11 is 0. The SMILES string of the molecule is c1cc(-c2n[nH]c3ccc(OC4CC4)cc23)cc(-n2cncn2)n1. The number of benzene rings is 1. The predicted molar refractivity (Wildman–Crippen MR) is 87.9 cm³/mol. The lowest BCUT2D eigenvalue weighted by Crippen LogP contribution is -1.98. The Morgan fingerprint density at radius 1 is 1.17 bits per heavy atom. The molecule has 0 atom stereocenters. The van der Waals surface area contributed by atoms with Crippen LogP contribution in [0.15, 0.2) is 49.2 Å². The Labute approximate surface area is 137 Å². The molecule has 4 aromatic rings. The summed E-state index contributed by atoms with van der Waals surface area (Å²) in [6, 6.07) is 9.91. The highest BCUT2D eigenvalue weighted by molar-refractivity contribution is 5.93. The van der Waals surface area contributed by atoms with E-state index in [2.05, 4.69) is 25.3 Å². The van der Waals surface area contributed by atoms with E-state index in [-0.39, 0.29) is 0 Å². The number of hydrogen-bond acceptors (Lipinski definition) is 5. The molecule has 0 amide bonds. The molecule has 0 radical (unpaired) electrons. The van der Waals surface area contributed by atoms with Crippen LogP contribution in [0.25, 0.3) is 28.0 Å². The zero-order valence-electron chi connectivity index (χ0n) is 12.8. The summed E-state index contributed by atoms with van der Waals surface area (Å²) < 4.78 is 7.52. The van der Waals surface area contributed by atoms with Crippen LogP contribution in [-0.4, -0.2) is 36.0 Å². The van der Waals surface area contributed by atoms with Gasteiger partial charge in [-0.2, -0.15) is 10.2 Å². The van der Waals surface area contributed by atoms with Gasteiger partial charge in [-0.3, -0.25) is 5.10 Å².